The van der Waals surface area contributed by atoms with E-state index in [1.807, 2.05) is 12.1 Å². The molecule has 3 heteroatoms. The molecule has 20 heavy (non-hydrogen) atoms. The van der Waals surface area contributed by atoms with Crippen LogP contribution in [0.25, 0.3) is 0 Å². The van der Waals surface area contributed by atoms with E-state index in [9.17, 15) is 0 Å². The van der Waals surface area contributed by atoms with E-state index < -0.39 is 0 Å². The molecule has 0 spiro atoms. The molecule has 0 aromatic heterocycles. The van der Waals surface area contributed by atoms with Crippen molar-refractivity contribution in [1.82, 2.24) is 5.32 Å². The molecule has 114 valence electrons. The first-order valence-corrected chi connectivity index (χ1v) is 7.78. The van der Waals surface area contributed by atoms with Crippen LogP contribution in [0.3, 0.4) is 0 Å². The van der Waals surface area contributed by atoms with Crippen LogP contribution in [0.2, 0.25) is 0 Å². The summed E-state index contributed by atoms with van der Waals surface area (Å²) in [4.78, 5) is 0. The van der Waals surface area contributed by atoms with Crippen molar-refractivity contribution in [3.05, 3.63) is 29.8 Å². The van der Waals surface area contributed by atoms with Gasteiger partial charge in [0.1, 0.15) is 5.75 Å². The van der Waals surface area contributed by atoms with Crippen LogP contribution in [0.1, 0.15) is 52.1 Å². The van der Waals surface area contributed by atoms with E-state index in [0.29, 0.717) is 12.7 Å². The van der Waals surface area contributed by atoms with Gasteiger partial charge in [0.2, 0.25) is 0 Å². The van der Waals surface area contributed by atoms with Crippen LogP contribution < -0.4 is 10.1 Å². The van der Waals surface area contributed by atoms with E-state index in [-0.39, 0.29) is 6.04 Å². The Morgan fingerprint density at radius 2 is 1.80 bits per heavy atom. The number of hydrogen-bond acceptors (Lipinski definition) is 3. The highest BCUT2D eigenvalue weighted by Gasteiger charge is 2.12. The largest absolute Gasteiger partial charge is 0.494 e. The van der Waals surface area contributed by atoms with Gasteiger partial charge in [-0.15, -0.1) is 0 Å². The molecular weight excluding hydrogens is 250 g/mol. The average Bonchev–Trinajstić information content (AvgIpc) is 2.49. The molecule has 1 rings (SSSR count). The predicted molar refractivity (Wildman–Crippen MR) is 84.4 cm³/mol. The summed E-state index contributed by atoms with van der Waals surface area (Å²) in [5.41, 5.74) is 1.25. The van der Waals surface area contributed by atoms with Crippen LogP contribution in [0.4, 0.5) is 0 Å². The van der Waals surface area contributed by atoms with Gasteiger partial charge in [-0.3, -0.25) is 0 Å². The van der Waals surface area contributed by atoms with Gasteiger partial charge in [0.25, 0.3) is 0 Å². The van der Waals surface area contributed by atoms with Crippen LogP contribution in [-0.4, -0.2) is 25.9 Å². The van der Waals surface area contributed by atoms with Gasteiger partial charge in [-0.25, -0.2) is 0 Å². The summed E-state index contributed by atoms with van der Waals surface area (Å²) in [5.74, 6) is 0.939. The Kier molecular flexibility index (Phi) is 8.31. The van der Waals surface area contributed by atoms with E-state index in [1.165, 1.54) is 5.56 Å². The fraction of sp³-hybridized carbons (Fsp3) is 0.647. The summed E-state index contributed by atoms with van der Waals surface area (Å²) in [6.07, 6.45) is 2.39. The van der Waals surface area contributed by atoms with Crippen LogP contribution in [-0.2, 0) is 4.74 Å². The molecule has 0 bridgehead atoms. The van der Waals surface area contributed by atoms with E-state index in [2.05, 4.69) is 45.1 Å². The molecule has 2 unspecified atom stereocenters. The van der Waals surface area contributed by atoms with Crippen LogP contribution in [0.5, 0.6) is 5.75 Å². The molecule has 0 heterocycles. The van der Waals surface area contributed by atoms with E-state index in [1.54, 1.807) is 0 Å². The second kappa shape index (κ2) is 9.78. The maximum absolute atomic E-state index is 5.86. The summed E-state index contributed by atoms with van der Waals surface area (Å²) in [7, 11) is 0. The zero-order valence-corrected chi connectivity index (χ0v) is 13.3. The molecule has 3 nitrogen and oxygen atoms in total. The lowest BCUT2D eigenvalue weighted by Gasteiger charge is -2.21. The fourth-order valence-electron chi connectivity index (χ4n) is 1.91. The average molecular weight is 279 g/mol. The lowest BCUT2D eigenvalue weighted by molar-refractivity contribution is 0.0476. The van der Waals surface area contributed by atoms with Crippen molar-refractivity contribution < 1.29 is 9.47 Å². The quantitative estimate of drug-likeness (QED) is 0.703. The number of hydrogen-bond donors (Lipinski definition) is 1. The molecule has 0 aliphatic carbocycles. The Bertz CT molecular complexity index is 351. The lowest BCUT2D eigenvalue weighted by Crippen LogP contribution is -2.27. The van der Waals surface area contributed by atoms with Gasteiger partial charge in [-0.1, -0.05) is 32.9 Å². The van der Waals surface area contributed by atoms with Crippen LogP contribution in [0.15, 0.2) is 24.3 Å². The molecule has 1 aromatic carbocycles. The van der Waals surface area contributed by atoms with Crippen molar-refractivity contribution in [2.24, 2.45) is 0 Å². The van der Waals surface area contributed by atoms with Gasteiger partial charge in [-0.05, 0) is 44.0 Å². The highest BCUT2D eigenvalue weighted by Crippen LogP contribution is 2.19. The Balaban J connectivity index is 2.61. The minimum atomic E-state index is 0.245. The van der Waals surface area contributed by atoms with Crippen molar-refractivity contribution in [3.8, 4) is 5.75 Å². The summed E-state index contributed by atoms with van der Waals surface area (Å²) in [5, 5.41) is 3.48. The molecule has 0 amide bonds. The molecular formula is C17H29NO2. The number of ether oxygens (including phenoxy) is 2. The number of nitrogens with one attached hydrogen (secondary N) is 1. The van der Waals surface area contributed by atoms with Crippen LogP contribution >= 0.6 is 0 Å². The lowest BCUT2D eigenvalue weighted by atomic mass is 10.1. The molecule has 0 radical (unpaired) electrons. The number of likely N-dealkylation sites (N-methyl/N-ethyl adjacent to an activating group) is 1. The molecule has 0 aliphatic rings. The van der Waals surface area contributed by atoms with Gasteiger partial charge in [-0.2, -0.15) is 0 Å². The maximum atomic E-state index is 5.86. The first-order chi connectivity index (χ1) is 9.71. The smallest absolute Gasteiger partial charge is 0.119 e. The molecule has 1 aromatic rings. The van der Waals surface area contributed by atoms with E-state index in [0.717, 1.165) is 31.7 Å². The zero-order valence-electron chi connectivity index (χ0n) is 13.3. The summed E-state index contributed by atoms with van der Waals surface area (Å²) in [6, 6.07) is 8.57. The van der Waals surface area contributed by atoms with Crippen LogP contribution in [0, 0.1) is 0 Å². The third kappa shape index (κ3) is 5.93. The molecule has 1 N–H and O–H groups in total. The van der Waals surface area contributed by atoms with E-state index >= 15 is 0 Å². The van der Waals surface area contributed by atoms with Crippen molar-refractivity contribution in [2.45, 2.75) is 52.7 Å². The summed E-state index contributed by atoms with van der Waals surface area (Å²) >= 11 is 0. The Labute approximate surface area is 123 Å². The Morgan fingerprint density at radius 1 is 1.10 bits per heavy atom. The fourth-order valence-corrected chi connectivity index (χ4v) is 1.91. The summed E-state index contributed by atoms with van der Waals surface area (Å²) in [6.45, 7) is 10.9. The van der Waals surface area contributed by atoms with Gasteiger partial charge >= 0.3 is 0 Å². The first-order valence-electron chi connectivity index (χ1n) is 7.78. The van der Waals surface area contributed by atoms with Gasteiger partial charge in [0, 0.05) is 0 Å². The van der Waals surface area contributed by atoms with Gasteiger partial charge in [0.05, 0.1) is 25.4 Å². The Morgan fingerprint density at radius 3 is 2.35 bits per heavy atom. The standard InChI is InChI=1S/C17H29NO2/c1-5-12-19-16-10-8-15(9-11-16)17(18-7-3)13-20-14(4)6-2/h8-11,14,17-18H,5-7,12-13H2,1-4H3. The third-order valence-electron chi connectivity index (χ3n) is 3.33. The molecule has 2 atom stereocenters. The normalized spacial score (nSPS) is 14.0. The molecule has 0 fully saturated rings. The minimum absolute atomic E-state index is 0.245. The third-order valence-corrected chi connectivity index (χ3v) is 3.33. The Hall–Kier alpha value is -1.06. The summed E-state index contributed by atoms with van der Waals surface area (Å²) < 4.78 is 11.5. The highest BCUT2D eigenvalue weighted by atomic mass is 16.5. The van der Waals surface area contributed by atoms with Crippen molar-refractivity contribution in [1.29, 1.82) is 0 Å². The molecule has 0 saturated heterocycles. The predicted octanol–water partition coefficient (Wildman–Crippen LogP) is 3.94. The van der Waals surface area contributed by atoms with Crippen molar-refractivity contribution in [2.75, 3.05) is 19.8 Å². The van der Waals surface area contributed by atoms with Crippen molar-refractivity contribution in [3.63, 3.8) is 0 Å². The topological polar surface area (TPSA) is 30.5 Å². The SMILES string of the molecule is CCCOc1ccc(C(COC(C)CC)NCC)cc1. The van der Waals surface area contributed by atoms with E-state index in [4.69, 9.17) is 9.47 Å². The second-order valence-corrected chi connectivity index (χ2v) is 5.08. The number of rotatable bonds is 10. The second-order valence-electron chi connectivity index (χ2n) is 5.08. The minimum Gasteiger partial charge on any atom is -0.494 e. The zero-order chi connectivity index (χ0) is 14.8. The highest BCUT2D eigenvalue weighted by molar-refractivity contribution is 5.29. The van der Waals surface area contributed by atoms with Gasteiger partial charge in [0.15, 0.2) is 0 Å². The monoisotopic (exact) mass is 279 g/mol. The first kappa shape index (κ1) is 17.0. The molecule has 0 saturated carbocycles. The van der Waals surface area contributed by atoms with Crippen molar-refractivity contribution >= 4 is 0 Å². The number of benzene rings is 1. The van der Waals surface area contributed by atoms with Gasteiger partial charge < -0.3 is 14.8 Å². The maximum Gasteiger partial charge on any atom is 0.119 e. The molecule has 0 aliphatic heterocycles.